The van der Waals surface area contributed by atoms with Crippen molar-refractivity contribution in [2.75, 3.05) is 13.7 Å². The van der Waals surface area contributed by atoms with Gasteiger partial charge in [-0.05, 0) is 42.4 Å². The van der Waals surface area contributed by atoms with Gasteiger partial charge in [0.2, 0.25) is 0 Å². The van der Waals surface area contributed by atoms with Gasteiger partial charge < -0.3 is 10.1 Å². The highest BCUT2D eigenvalue weighted by Gasteiger charge is 2.20. The number of rotatable bonds is 5. The first-order valence-electron chi connectivity index (χ1n) is 6.58. The van der Waals surface area contributed by atoms with Gasteiger partial charge in [0.25, 0.3) is 0 Å². The number of hydrogen-bond acceptors (Lipinski definition) is 2. The van der Waals surface area contributed by atoms with Crippen molar-refractivity contribution in [2.45, 2.75) is 13.0 Å². The molecule has 2 aromatic carbocycles. The largest absolute Gasteiger partial charge is 0.496 e. The van der Waals surface area contributed by atoms with E-state index >= 15 is 0 Å². The fourth-order valence-electron chi connectivity index (χ4n) is 2.26. The van der Waals surface area contributed by atoms with Crippen molar-refractivity contribution in [3.05, 3.63) is 62.8 Å². The average Bonchev–Trinajstić information content (AvgIpc) is 2.45. The fraction of sp³-hybridized carbons (Fsp3) is 0.250. The van der Waals surface area contributed by atoms with Crippen LogP contribution in [0.5, 0.6) is 5.75 Å². The third kappa shape index (κ3) is 3.76. The van der Waals surface area contributed by atoms with E-state index in [0.717, 1.165) is 22.1 Å². The molecular weight excluding hydrogens is 357 g/mol. The van der Waals surface area contributed by atoms with Gasteiger partial charge in [-0.1, -0.05) is 40.5 Å². The normalized spacial score (nSPS) is 12.2. The number of ether oxygens (including phenoxy) is 1. The Hall–Kier alpha value is -1.10. The van der Waals surface area contributed by atoms with Gasteiger partial charge in [-0.3, -0.25) is 0 Å². The molecule has 0 radical (unpaired) electrons. The van der Waals surface area contributed by atoms with Gasteiger partial charge >= 0.3 is 0 Å². The van der Waals surface area contributed by atoms with Crippen LogP contribution in [0.1, 0.15) is 24.1 Å². The van der Waals surface area contributed by atoms with Crippen LogP contribution in [0.15, 0.2) is 40.9 Å². The van der Waals surface area contributed by atoms with Gasteiger partial charge in [0, 0.05) is 15.1 Å². The maximum atomic E-state index is 13.6. The maximum Gasteiger partial charge on any atom is 0.124 e. The van der Waals surface area contributed by atoms with E-state index < -0.39 is 0 Å². The predicted octanol–water partition coefficient (Wildman–Crippen LogP) is 4.95. The highest BCUT2D eigenvalue weighted by atomic mass is 79.9. The summed E-state index contributed by atoms with van der Waals surface area (Å²) in [5.74, 6) is 0.350. The molecule has 0 spiro atoms. The summed E-state index contributed by atoms with van der Waals surface area (Å²) < 4.78 is 19.9. The zero-order valence-corrected chi connectivity index (χ0v) is 14.1. The molecule has 1 unspecified atom stereocenters. The first-order chi connectivity index (χ1) is 10.1. The van der Waals surface area contributed by atoms with Gasteiger partial charge in [-0.2, -0.15) is 0 Å². The SMILES string of the molecule is CCNC(c1ccc(Cl)cc1Br)c1cc(F)ccc1OC. The minimum absolute atomic E-state index is 0.188. The molecule has 2 rings (SSSR count). The molecule has 21 heavy (non-hydrogen) atoms. The summed E-state index contributed by atoms with van der Waals surface area (Å²) >= 11 is 9.51. The van der Waals surface area contributed by atoms with Crippen molar-refractivity contribution in [3.63, 3.8) is 0 Å². The highest BCUT2D eigenvalue weighted by molar-refractivity contribution is 9.10. The Morgan fingerprint density at radius 3 is 2.62 bits per heavy atom. The molecule has 2 nitrogen and oxygen atoms in total. The zero-order chi connectivity index (χ0) is 15.4. The molecule has 0 amide bonds. The smallest absolute Gasteiger partial charge is 0.124 e. The third-order valence-electron chi connectivity index (χ3n) is 3.18. The predicted molar refractivity (Wildman–Crippen MR) is 87.6 cm³/mol. The molecule has 112 valence electrons. The number of methoxy groups -OCH3 is 1. The Kier molecular flexibility index (Phi) is 5.62. The minimum atomic E-state index is -0.293. The summed E-state index contributed by atoms with van der Waals surface area (Å²) in [6.07, 6.45) is 0. The van der Waals surface area contributed by atoms with E-state index in [2.05, 4.69) is 21.2 Å². The molecular formula is C16H16BrClFNO. The fourth-order valence-corrected chi connectivity index (χ4v) is 3.17. The van der Waals surface area contributed by atoms with Crippen LogP contribution in [0.2, 0.25) is 5.02 Å². The van der Waals surface area contributed by atoms with E-state index in [1.165, 1.54) is 12.1 Å². The lowest BCUT2D eigenvalue weighted by atomic mass is 9.97. The third-order valence-corrected chi connectivity index (χ3v) is 4.11. The number of nitrogens with one attached hydrogen (secondary N) is 1. The Morgan fingerprint density at radius 1 is 1.24 bits per heavy atom. The summed E-state index contributed by atoms with van der Waals surface area (Å²) in [4.78, 5) is 0. The van der Waals surface area contributed by atoms with Crippen LogP contribution in [0, 0.1) is 5.82 Å². The van der Waals surface area contributed by atoms with Crippen LogP contribution in [0.4, 0.5) is 4.39 Å². The van der Waals surface area contributed by atoms with Gasteiger partial charge in [0.15, 0.2) is 0 Å². The summed E-state index contributed by atoms with van der Waals surface area (Å²) in [6.45, 7) is 2.74. The second kappa shape index (κ2) is 7.25. The van der Waals surface area contributed by atoms with Crippen molar-refractivity contribution >= 4 is 27.5 Å². The lowest BCUT2D eigenvalue weighted by molar-refractivity contribution is 0.402. The average molecular weight is 373 g/mol. The molecule has 0 bridgehead atoms. The molecule has 2 aromatic rings. The first kappa shape index (κ1) is 16.3. The molecule has 0 aliphatic rings. The molecule has 5 heteroatoms. The molecule has 0 fully saturated rings. The van der Waals surface area contributed by atoms with E-state index in [0.29, 0.717) is 10.8 Å². The Bertz CT molecular complexity index is 636. The summed E-state index contributed by atoms with van der Waals surface area (Å²) in [5.41, 5.74) is 1.73. The van der Waals surface area contributed by atoms with Crippen LogP contribution in [0.25, 0.3) is 0 Å². The second-order valence-electron chi connectivity index (χ2n) is 4.54. The lowest BCUT2D eigenvalue weighted by Gasteiger charge is -2.22. The zero-order valence-electron chi connectivity index (χ0n) is 11.8. The molecule has 0 aliphatic heterocycles. The van der Waals surface area contributed by atoms with Crippen LogP contribution < -0.4 is 10.1 Å². The number of hydrogen-bond donors (Lipinski definition) is 1. The van der Waals surface area contributed by atoms with Crippen LogP contribution in [-0.2, 0) is 0 Å². The van der Waals surface area contributed by atoms with E-state index in [-0.39, 0.29) is 11.9 Å². The molecule has 0 saturated carbocycles. The maximum absolute atomic E-state index is 13.6. The Morgan fingerprint density at radius 2 is 2.00 bits per heavy atom. The summed E-state index contributed by atoms with van der Waals surface area (Å²) in [6, 6.07) is 9.90. The Balaban J connectivity index is 2.55. The van der Waals surface area contributed by atoms with E-state index in [9.17, 15) is 4.39 Å². The first-order valence-corrected chi connectivity index (χ1v) is 7.75. The number of benzene rings is 2. The second-order valence-corrected chi connectivity index (χ2v) is 5.83. The van der Waals surface area contributed by atoms with Gasteiger partial charge in [-0.15, -0.1) is 0 Å². The van der Waals surface area contributed by atoms with E-state index in [4.69, 9.17) is 16.3 Å². The van der Waals surface area contributed by atoms with Crippen molar-refractivity contribution in [3.8, 4) is 5.75 Å². The lowest BCUT2D eigenvalue weighted by Crippen LogP contribution is -2.23. The minimum Gasteiger partial charge on any atom is -0.496 e. The summed E-state index contributed by atoms with van der Waals surface area (Å²) in [5, 5.41) is 4.00. The van der Waals surface area contributed by atoms with E-state index in [1.807, 2.05) is 25.1 Å². The molecule has 0 aliphatic carbocycles. The standard InChI is InChI=1S/C16H16BrClFNO/c1-3-20-16(12-6-4-10(18)8-14(12)17)13-9-11(19)5-7-15(13)21-2/h4-9,16,20H,3H2,1-2H3. The quantitative estimate of drug-likeness (QED) is 0.802. The molecule has 0 heterocycles. The van der Waals surface area contributed by atoms with Crippen LogP contribution >= 0.6 is 27.5 Å². The van der Waals surface area contributed by atoms with Crippen LogP contribution in [0.3, 0.4) is 0 Å². The number of halogens is 3. The van der Waals surface area contributed by atoms with E-state index in [1.54, 1.807) is 13.2 Å². The van der Waals surface area contributed by atoms with Crippen LogP contribution in [-0.4, -0.2) is 13.7 Å². The topological polar surface area (TPSA) is 21.3 Å². The highest BCUT2D eigenvalue weighted by Crippen LogP contribution is 2.35. The Labute approximate surface area is 137 Å². The molecule has 1 N–H and O–H groups in total. The van der Waals surface area contributed by atoms with Gasteiger partial charge in [0.1, 0.15) is 11.6 Å². The van der Waals surface area contributed by atoms with Crippen molar-refractivity contribution in [1.82, 2.24) is 5.32 Å². The van der Waals surface area contributed by atoms with Gasteiger partial charge in [0.05, 0.1) is 13.2 Å². The van der Waals surface area contributed by atoms with Crippen molar-refractivity contribution in [2.24, 2.45) is 0 Å². The van der Waals surface area contributed by atoms with Gasteiger partial charge in [-0.25, -0.2) is 4.39 Å². The summed E-state index contributed by atoms with van der Waals surface area (Å²) in [7, 11) is 1.58. The van der Waals surface area contributed by atoms with Crippen molar-refractivity contribution < 1.29 is 9.13 Å². The monoisotopic (exact) mass is 371 g/mol. The molecule has 0 saturated heterocycles. The van der Waals surface area contributed by atoms with Crippen molar-refractivity contribution in [1.29, 1.82) is 0 Å². The molecule has 0 aromatic heterocycles. The molecule has 1 atom stereocenters.